The van der Waals surface area contributed by atoms with E-state index in [1.807, 2.05) is 0 Å². The molecule has 5 nitrogen and oxygen atoms in total. The van der Waals surface area contributed by atoms with Crippen molar-refractivity contribution in [3.63, 3.8) is 0 Å². The van der Waals surface area contributed by atoms with Crippen molar-refractivity contribution in [2.24, 2.45) is 0 Å². The van der Waals surface area contributed by atoms with E-state index in [1.54, 1.807) is 63.4 Å². The number of hydrogen-bond acceptors (Lipinski definition) is 4. The molecule has 1 aromatic heterocycles. The third-order valence-corrected chi connectivity index (χ3v) is 2.62. The molecular formula is C16H17ClN2O3. The number of aromatic nitrogens is 1. The lowest BCUT2D eigenvalue weighted by Crippen LogP contribution is -2.27. The van der Waals surface area contributed by atoms with Crippen LogP contribution in [-0.2, 0) is 4.74 Å². The average Bonchev–Trinajstić information content (AvgIpc) is 2.36. The summed E-state index contributed by atoms with van der Waals surface area (Å²) in [4.78, 5) is 15.6. The predicted octanol–water partition coefficient (Wildman–Crippen LogP) is 4.87. The number of rotatable bonds is 3. The number of pyridine rings is 1. The molecule has 0 saturated carbocycles. The second-order valence-electron chi connectivity index (χ2n) is 5.57. The fourth-order valence-corrected chi connectivity index (χ4v) is 1.81. The molecule has 0 atom stereocenters. The van der Waals surface area contributed by atoms with Crippen molar-refractivity contribution in [3.8, 4) is 11.5 Å². The first-order chi connectivity index (χ1) is 10.3. The van der Waals surface area contributed by atoms with Crippen molar-refractivity contribution < 1.29 is 14.3 Å². The molecule has 0 fully saturated rings. The van der Waals surface area contributed by atoms with Gasteiger partial charge in [-0.3, -0.25) is 5.32 Å². The van der Waals surface area contributed by atoms with Gasteiger partial charge in [-0.1, -0.05) is 17.7 Å². The van der Waals surface area contributed by atoms with Gasteiger partial charge in [-0.2, -0.15) is 0 Å². The molecule has 0 unspecified atom stereocenters. The highest BCUT2D eigenvalue weighted by Crippen LogP contribution is 2.25. The number of nitrogens with zero attached hydrogens (tertiary/aromatic N) is 1. The van der Waals surface area contributed by atoms with Crippen molar-refractivity contribution >= 4 is 23.4 Å². The molecule has 0 saturated heterocycles. The minimum atomic E-state index is -0.550. The Morgan fingerprint density at radius 3 is 2.59 bits per heavy atom. The maximum Gasteiger partial charge on any atom is 0.412 e. The van der Waals surface area contributed by atoms with Crippen molar-refractivity contribution in [2.75, 3.05) is 5.32 Å². The van der Waals surface area contributed by atoms with Gasteiger partial charge in [0.25, 0.3) is 0 Å². The quantitative estimate of drug-likeness (QED) is 0.819. The van der Waals surface area contributed by atoms with E-state index in [1.165, 1.54) is 0 Å². The van der Waals surface area contributed by atoms with Gasteiger partial charge in [0.2, 0.25) is 0 Å². The van der Waals surface area contributed by atoms with Crippen LogP contribution >= 0.6 is 11.6 Å². The molecule has 6 heteroatoms. The first kappa shape index (κ1) is 16.1. The van der Waals surface area contributed by atoms with Crippen LogP contribution in [0.5, 0.6) is 11.5 Å². The first-order valence-corrected chi connectivity index (χ1v) is 7.09. The van der Waals surface area contributed by atoms with E-state index in [2.05, 4.69) is 10.3 Å². The predicted molar refractivity (Wildman–Crippen MR) is 85.6 cm³/mol. The van der Waals surface area contributed by atoms with Gasteiger partial charge in [0.05, 0.1) is 0 Å². The second-order valence-corrected chi connectivity index (χ2v) is 5.96. The summed E-state index contributed by atoms with van der Waals surface area (Å²) in [7, 11) is 0. The van der Waals surface area contributed by atoms with Crippen LogP contribution in [0.25, 0.3) is 0 Å². The molecule has 1 aromatic carbocycles. The summed E-state index contributed by atoms with van der Waals surface area (Å²) in [5.41, 5.74) is 0.0262. The summed E-state index contributed by atoms with van der Waals surface area (Å²) in [6, 6.07) is 10.3. The van der Waals surface area contributed by atoms with Crippen LogP contribution in [0, 0.1) is 0 Å². The molecule has 116 valence electrons. The number of benzene rings is 1. The Hall–Kier alpha value is -2.27. The van der Waals surface area contributed by atoms with Crippen LogP contribution in [-0.4, -0.2) is 16.7 Å². The summed E-state index contributed by atoms with van der Waals surface area (Å²) >= 11 is 5.81. The standard InChI is InChI=1S/C16H17ClN2O3/c1-16(2,3)22-15(20)19-11-5-4-6-12(9-11)21-13-7-8-18-14(17)10-13/h4-10H,1-3H3,(H,19,20). The fraction of sp³-hybridized carbons (Fsp3) is 0.250. The Kier molecular flexibility index (Phi) is 4.88. The van der Waals surface area contributed by atoms with Gasteiger partial charge in [0.1, 0.15) is 22.3 Å². The van der Waals surface area contributed by atoms with Crippen molar-refractivity contribution in [1.82, 2.24) is 4.98 Å². The molecule has 0 radical (unpaired) electrons. The Morgan fingerprint density at radius 1 is 1.18 bits per heavy atom. The zero-order chi connectivity index (χ0) is 16.2. The Labute approximate surface area is 134 Å². The molecule has 0 aliphatic heterocycles. The highest BCUT2D eigenvalue weighted by Gasteiger charge is 2.16. The smallest absolute Gasteiger partial charge is 0.412 e. The minimum Gasteiger partial charge on any atom is -0.457 e. The van der Waals surface area contributed by atoms with Gasteiger partial charge in [-0.15, -0.1) is 0 Å². The summed E-state index contributed by atoms with van der Waals surface area (Å²) in [6.45, 7) is 5.41. The molecule has 0 spiro atoms. The fourth-order valence-electron chi connectivity index (χ4n) is 1.64. The molecule has 0 bridgehead atoms. The summed E-state index contributed by atoms with van der Waals surface area (Å²) in [6.07, 6.45) is 1.04. The van der Waals surface area contributed by atoms with Gasteiger partial charge in [-0.05, 0) is 39.0 Å². The van der Waals surface area contributed by atoms with Crippen LogP contribution in [0.4, 0.5) is 10.5 Å². The number of halogens is 1. The Balaban J connectivity index is 2.05. The number of carbonyl (C=O) groups excluding carboxylic acids is 1. The number of ether oxygens (including phenoxy) is 2. The second kappa shape index (κ2) is 6.66. The van der Waals surface area contributed by atoms with E-state index >= 15 is 0 Å². The molecule has 1 amide bonds. The van der Waals surface area contributed by atoms with Crippen molar-refractivity contribution in [1.29, 1.82) is 0 Å². The highest BCUT2D eigenvalue weighted by molar-refractivity contribution is 6.29. The lowest BCUT2D eigenvalue weighted by molar-refractivity contribution is 0.0636. The summed E-state index contributed by atoms with van der Waals surface area (Å²) in [5.74, 6) is 1.13. The van der Waals surface area contributed by atoms with Crippen LogP contribution in [0.15, 0.2) is 42.6 Å². The van der Waals surface area contributed by atoms with E-state index in [-0.39, 0.29) is 0 Å². The summed E-state index contributed by atoms with van der Waals surface area (Å²) < 4.78 is 10.9. The molecule has 0 aliphatic rings. The molecule has 2 rings (SSSR count). The van der Waals surface area contributed by atoms with E-state index < -0.39 is 11.7 Å². The molecule has 1 heterocycles. The molecule has 2 aromatic rings. The van der Waals surface area contributed by atoms with Crippen molar-refractivity contribution in [3.05, 3.63) is 47.7 Å². The number of anilines is 1. The first-order valence-electron chi connectivity index (χ1n) is 6.71. The van der Waals surface area contributed by atoms with E-state index in [0.717, 1.165) is 0 Å². The topological polar surface area (TPSA) is 60.5 Å². The number of amides is 1. The highest BCUT2D eigenvalue weighted by atomic mass is 35.5. The van der Waals surface area contributed by atoms with Gasteiger partial charge in [-0.25, -0.2) is 9.78 Å². The zero-order valence-corrected chi connectivity index (χ0v) is 13.3. The van der Waals surface area contributed by atoms with Gasteiger partial charge >= 0.3 is 6.09 Å². The monoisotopic (exact) mass is 320 g/mol. The molecule has 22 heavy (non-hydrogen) atoms. The van der Waals surface area contributed by atoms with Crippen LogP contribution in [0.2, 0.25) is 5.15 Å². The van der Waals surface area contributed by atoms with Gasteiger partial charge < -0.3 is 9.47 Å². The van der Waals surface area contributed by atoms with Crippen LogP contribution in [0.1, 0.15) is 20.8 Å². The maximum atomic E-state index is 11.7. The van der Waals surface area contributed by atoms with Crippen molar-refractivity contribution in [2.45, 2.75) is 26.4 Å². The SMILES string of the molecule is CC(C)(C)OC(=O)Nc1cccc(Oc2ccnc(Cl)c2)c1. The van der Waals surface area contributed by atoms with Crippen LogP contribution < -0.4 is 10.1 Å². The Bertz CT molecular complexity index is 668. The summed E-state index contributed by atoms with van der Waals surface area (Å²) in [5, 5.41) is 3.00. The van der Waals surface area contributed by atoms with Gasteiger partial charge in [0.15, 0.2) is 0 Å². The largest absolute Gasteiger partial charge is 0.457 e. The molecule has 0 aliphatic carbocycles. The zero-order valence-electron chi connectivity index (χ0n) is 12.6. The number of carbonyl (C=O) groups is 1. The maximum absolute atomic E-state index is 11.7. The van der Waals surface area contributed by atoms with E-state index in [9.17, 15) is 4.79 Å². The van der Waals surface area contributed by atoms with Gasteiger partial charge in [0, 0.05) is 24.0 Å². The number of nitrogens with one attached hydrogen (secondary N) is 1. The average molecular weight is 321 g/mol. The normalized spacial score (nSPS) is 10.9. The minimum absolute atomic E-state index is 0.348. The van der Waals surface area contributed by atoms with E-state index in [0.29, 0.717) is 22.3 Å². The van der Waals surface area contributed by atoms with E-state index in [4.69, 9.17) is 21.1 Å². The molecular weight excluding hydrogens is 304 g/mol. The third kappa shape index (κ3) is 5.26. The molecule has 1 N–H and O–H groups in total. The number of hydrogen-bond donors (Lipinski definition) is 1. The lowest BCUT2D eigenvalue weighted by Gasteiger charge is -2.19. The lowest BCUT2D eigenvalue weighted by atomic mass is 10.2. The Morgan fingerprint density at radius 2 is 1.91 bits per heavy atom. The van der Waals surface area contributed by atoms with Crippen LogP contribution in [0.3, 0.4) is 0 Å². The third-order valence-electron chi connectivity index (χ3n) is 2.41.